The van der Waals surface area contributed by atoms with Crippen LogP contribution in [0.2, 0.25) is 0 Å². The predicted octanol–water partition coefficient (Wildman–Crippen LogP) is 3.09. The number of hydrogen-bond donors (Lipinski definition) is 2. The Hall–Kier alpha value is -1.22. The van der Waals surface area contributed by atoms with Crippen LogP contribution in [0.5, 0.6) is 5.75 Å². The van der Waals surface area contributed by atoms with Gasteiger partial charge in [-0.15, -0.1) is 0 Å². The lowest BCUT2D eigenvalue weighted by atomic mass is 9.83. The second-order valence-electron chi connectivity index (χ2n) is 5.55. The van der Waals surface area contributed by atoms with E-state index in [0.717, 1.165) is 18.0 Å². The molecule has 3 heteroatoms. The zero-order chi connectivity index (χ0) is 13.0. The zero-order valence-corrected chi connectivity index (χ0v) is 11.5. The van der Waals surface area contributed by atoms with Gasteiger partial charge in [0.15, 0.2) is 0 Å². The number of rotatable bonds is 4. The second-order valence-corrected chi connectivity index (χ2v) is 5.55. The molecule has 2 rings (SSSR count). The Morgan fingerprint density at radius 2 is 2.00 bits per heavy atom. The summed E-state index contributed by atoms with van der Waals surface area (Å²) >= 11 is 0. The van der Waals surface area contributed by atoms with Crippen LogP contribution in [0, 0.1) is 0 Å². The first-order valence-corrected chi connectivity index (χ1v) is 6.80. The summed E-state index contributed by atoms with van der Waals surface area (Å²) in [7, 11) is 1.70. The first kappa shape index (κ1) is 13.2. The third kappa shape index (κ3) is 3.16. The van der Waals surface area contributed by atoms with E-state index >= 15 is 0 Å². The monoisotopic (exact) mass is 248 g/mol. The van der Waals surface area contributed by atoms with Gasteiger partial charge in [-0.1, -0.05) is 25.3 Å². The first-order chi connectivity index (χ1) is 8.63. The standard InChI is InChI=1S/C15H24N2O/c1-15(8-4-3-5-9-15)17-11-12-6-7-13(16)10-14(12)18-2/h6-7,10,17H,3-5,8-9,11,16H2,1-2H3. The van der Waals surface area contributed by atoms with Crippen LogP contribution >= 0.6 is 0 Å². The van der Waals surface area contributed by atoms with E-state index in [4.69, 9.17) is 10.5 Å². The van der Waals surface area contributed by atoms with Crippen molar-refractivity contribution in [2.24, 2.45) is 0 Å². The molecule has 0 radical (unpaired) electrons. The van der Waals surface area contributed by atoms with Crippen LogP contribution in [-0.4, -0.2) is 12.6 Å². The third-order valence-corrected chi connectivity index (χ3v) is 3.97. The molecule has 0 aromatic heterocycles. The van der Waals surface area contributed by atoms with Crippen molar-refractivity contribution >= 4 is 5.69 Å². The van der Waals surface area contributed by atoms with Gasteiger partial charge in [0, 0.05) is 29.4 Å². The average molecular weight is 248 g/mol. The van der Waals surface area contributed by atoms with Gasteiger partial charge in [0.2, 0.25) is 0 Å². The molecule has 18 heavy (non-hydrogen) atoms. The lowest BCUT2D eigenvalue weighted by Crippen LogP contribution is -2.43. The van der Waals surface area contributed by atoms with Crippen LogP contribution in [0.15, 0.2) is 18.2 Å². The van der Waals surface area contributed by atoms with Gasteiger partial charge in [0.1, 0.15) is 5.75 Å². The molecule has 0 bridgehead atoms. The van der Waals surface area contributed by atoms with Gasteiger partial charge in [0.25, 0.3) is 0 Å². The van der Waals surface area contributed by atoms with Crippen molar-refractivity contribution < 1.29 is 4.74 Å². The third-order valence-electron chi connectivity index (χ3n) is 3.97. The minimum atomic E-state index is 0.282. The molecular formula is C15H24N2O. The maximum absolute atomic E-state index is 5.77. The van der Waals surface area contributed by atoms with Gasteiger partial charge >= 0.3 is 0 Å². The van der Waals surface area contributed by atoms with Gasteiger partial charge in [-0.3, -0.25) is 0 Å². The zero-order valence-electron chi connectivity index (χ0n) is 11.5. The summed E-state index contributed by atoms with van der Waals surface area (Å²) in [5, 5.41) is 3.69. The van der Waals surface area contributed by atoms with Crippen LogP contribution in [0.4, 0.5) is 5.69 Å². The van der Waals surface area contributed by atoms with Crippen LogP contribution in [0.3, 0.4) is 0 Å². The molecule has 0 aliphatic heterocycles. The summed E-state index contributed by atoms with van der Waals surface area (Å²) < 4.78 is 5.38. The van der Waals surface area contributed by atoms with E-state index in [2.05, 4.69) is 12.2 Å². The highest BCUT2D eigenvalue weighted by molar-refractivity contribution is 5.48. The SMILES string of the molecule is COc1cc(N)ccc1CNC1(C)CCCCC1. The summed E-state index contributed by atoms with van der Waals surface area (Å²) in [5.74, 6) is 0.877. The molecule has 0 atom stereocenters. The molecule has 1 aromatic carbocycles. The minimum Gasteiger partial charge on any atom is -0.496 e. The van der Waals surface area contributed by atoms with E-state index in [1.165, 1.54) is 37.7 Å². The van der Waals surface area contributed by atoms with Gasteiger partial charge in [0.05, 0.1) is 7.11 Å². The molecule has 0 amide bonds. The van der Waals surface area contributed by atoms with Crippen LogP contribution in [0.1, 0.15) is 44.6 Å². The lowest BCUT2D eigenvalue weighted by Gasteiger charge is -2.35. The van der Waals surface area contributed by atoms with E-state index in [9.17, 15) is 0 Å². The van der Waals surface area contributed by atoms with Crippen molar-refractivity contribution in [3.05, 3.63) is 23.8 Å². The molecule has 0 heterocycles. The highest BCUT2D eigenvalue weighted by Crippen LogP contribution is 2.29. The van der Waals surface area contributed by atoms with Gasteiger partial charge in [-0.2, -0.15) is 0 Å². The Labute approximate surface area is 110 Å². The molecule has 0 spiro atoms. The molecule has 1 aromatic rings. The van der Waals surface area contributed by atoms with Crippen LogP contribution in [-0.2, 0) is 6.54 Å². The van der Waals surface area contributed by atoms with Gasteiger partial charge < -0.3 is 15.8 Å². The van der Waals surface area contributed by atoms with E-state index in [0.29, 0.717) is 0 Å². The van der Waals surface area contributed by atoms with E-state index in [1.807, 2.05) is 18.2 Å². The molecule has 0 saturated heterocycles. The summed E-state index contributed by atoms with van der Waals surface area (Å²) in [5.41, 5.74) is 7.98. The van der Waals surface area contributed by atoms with Crippen molar-refractivity contribution in [2.45, 2.75) is 51.1 Å². The first-order valence-electron chi connectivity index (χ1n) is 6.80. The number of nitrogens with one attached hydrogen (secondary N) is 1. The Morgan fingerprint density at radius 1 is 1.28 bits per heavy atom. The summed E-state index contributed by atoms with van der Waals surface area (Å²) in [6.07, 6.45) is 6.59. The normalized spacial score (nSPS) is 18.6. The molecule has 1 fully saturated rings. The van der Waals surface area contributed by atoms with Crippen molar-refractivity contribution in [2.75, 3.05) is 12.8 Å². The number of anilines is 1. The predicted molar refractivity (Wildman–Crippen MR) is 75.7 cm³/mol. The number of ether oxygens (including phenoxy) is 1. The highest BCUT2D eigenvalue weighted by Gasteiger charge is 2.25. The number of nitrogens with two attached hydrogens (primary N) is 1. The maximum atomic E-state index is 5.77. The molecule has 1 aliphatic carbocycles. The maximum Gasteiger partial charge on any atom is 0.125 e. The molecular weight excluding hydrogens is 224 g/mol. The fraction of sp³-hybridized carbons (Fsp3) is 0.600. The molecule has 3 nitrogen and oxygen atoms in total. The number of hydrogen-bond acceptors (Lipinski definition) is 3. The number of benzene rings is 1. The summed E-state index contributed by atoms with van der Waals surface area (Å²) in [4.78, 5) is 0. The number of methoxy groups -OCH3 is 1. The van der Waals surface area contributed by atoms with E-state index in [-0.39, 0.29) is 5.54 Å². The van der Waals surface area contributed by atoms with Gasteiger partial charge in [-0.05, 0) is 25.8 Å². The molecule has 0 unspecified atom stereocenters. The Morgan fingerprint density at radius 3 is 2.67 bits per heavy atom. The molecule has 1 aliphatic rings. The summed E-state index contributed by atoms with van der Waals surface area (Å²) in [6.45, 7) is 3.18. The number of nitrogen functional groups attached to an aromatic ring is 1. The summed E-state index contributed by atoms with van der Waals surface area (Å²) in [6, 6.07) is 5.87. The van der Waals surface area contributed by atoms with Crippen molar-refractivity contribution in [1.29, 1.82) is 0 Å². The smallest absolute Gasteiger partial charge is 0.125 e. The molecule has 3 N–H and O–H groups in total. The largest absolute Gasteiger partial charge is 0.496 e. The second kappa shape index (κ2) is 5.61. The van der Waals surface area contributed by atoms with E-state index in [1.54, 1.807) is 7.11 Å². The molecule has 100 valence electrons. The van der Waals surface area contributed by atoms with Gasteiger partial charge in [-0.25, -0.2) is 0 Å². The Bertz CT molecular complexity index is 397. The molecule has 1 saturated carbocycles. The fourth-order valence-electron chi connectivity index (χ4n) is 2.72. The van der Waals surface area contributed by atoms with Crippen molar-refractivity contribution in [3.63, 3.8) is 0 Å². The van der Waals surface area contributed by atoms with E-state index < -0.39 is 0 Å². The van der Waals surface area contributed by atoms with Crippen molar-refractivity contribution in [3.8, 4) is 5.75 Å². The van der Waals surface area contributed by atoms with Crippen molar-refractivity contribution in [1.82, 2.24) is 5.32 Å². The lowest BCUT2D eigenvalue weighted by molar-refractivity contribution is 0.251. The quantitative estimate of drug-likeness (QED) is 0.805. The van der Waals surface area contributed by atoms with Crippen LogP contribution in [0.25, 0.3) is 0 Å². The Kier molecular flexibility index (Phi) is 4.12. The fourth-order valence-corrected chi connectivity index (χ4v) is 2.72. The average Bonchev–Trinajstić information content (AvgIpc) is 2.38. The topological polar surface area (TPSA) is 47.3 Å². The minimum absolute atomic E-state index is 0.282. The van der Waals surface area contributed by atoms with Crippen LogP contribution < -0.4 is 15.8 Å². The Balaban J connectivity index is 2.01. The highest BCUT2D eigenvalue weighted by atomic mass is 16.5.